The molecule has 0 saturated heterocycles. The number of carboxylic acid groups (broad SMARTS) is 2. The molecule has 0 radical (unpaired) electrons. The van der Waals surface area contributed by atoms with E-state index in [2.05, 4.69) is 0 Å². The SMILES string of the molecule is CC(C)C[C@H](N)C(=O)O.CCCC(C)C(=O)O. The van der Waals surface area contributed by atoms with E-state index in [0.29, 0.717) is 12.3 Å². The first-order valence-electron chi connectivity index (χ1n) is 5.93. The first-order chi connectivity index (χ1) is 7.72. The molecule has 0 heterocycles. The van der Waals surface area contributed by atoms with Crippen molar-refractivity contribution >= 4 is 11.9 Å². The third-order valence-electron chi connectivity index (χ3n) is 2.19. The van der Waals surface area contributed by atoms with Gasteiger partial charge in [0.05, 0.1) is 5.92 Å². The van der Waals surface area contributed by atoms with Gasteiger partial charge in [-0.05, 0) is 18.8 Å². The number of carboxylic acids is 2. The molecule has 0 spiro atoms. The first-order valence-corrected chi connectivity index (χ1v) is 5.93. The molecule has 4 N–H and O–H groups in total. The molecule has 0 aromatic heterocycles. The summed E-state index contributed by atoms with van der Waals surface area (Å²) in [4.78, 5) is 20.2. The van der Waals surface area contributed by atoms with Gasteiger partial charge >= 0.3 is 11.9 Å². The van der Waals surface area contributed by atoms with E-state index in [0.717, 1.165) is 12.8 Å². The highest BCUT2D eigenvalue weighted by molar-refractivity contribution is 5.73. The lowest BCUT2D eigenvalue weighted by Gasteiger charge is -2.07. The van der Waals surface area contributed by atoms with Crippen molar-refractivity contribution in [3.05, 3.63) is 0 Å². The number of aliphatic carboxylic acids is 2. The van der Waals surface area contributed by atoms with Crippen LogP contribution in [0.2, 0.25) is 0 Å². The average molecular weight is 247 g/mol. The Bertz CT molecular complexity index is 229. The number of carbonyl (C=O) groups is 2. The Morgan fingerprint density at radius 1 is 1.12 bits per heavy atom. The van der Waals surface area contributed by atoms with E-state index in [1.807, 2.05) is 20.8 Å². The van der Waals surface area contributed by atoms with Gasteiger partial charge in [-0.2, -0.15) is 0 Å². The van der Waals surface area contributed by atoms with Crippen LogP contribution in [0.25, 0.3) is 0 Å². The largest absolute Gasteiger partial charge is 0.481 e. The molecule has 0 rings (SSSR count). The van der Waals surface area contributed by atoms with Crippen molar-refractivity contribution in [3.63, 3.8) is 0 Å². The quantitative estimate of drug-likeness (QED) is 0.666. The van der Waals surface area contributed by atoms with E-state index in [1.54, 1.807) is 6.92 Å². The molecular formula is C12H25NO4. The van der Waals surface area contributed by atoms with E-state index < -0.39 is 18.0 Å². The van der Waals surface area contributed by atoms with Crippen LogP contribution in [-0.2, 0) is 9.59 Å². The fourth-order valence-corrected chi connectivity index (χ4v) is 1.17. The fourth-order valence-electron chi connectivity index (χ4n) is 1.17. The van der Waals surface area contributed by atoms with Crippen molar-refractivity contribution < 1.29 is 19.8 Å². The fraction of sp³-hybridized carbons (Fsp3) is 0.833. The Labute approximate surface area is 103 Å². The minimum Gasteiger partial charge on any atom is -0.481 e. The molecule has 0 aromatic carbocycles. The predicted molar refractivity (Wildman–Crippen MR) is 66.8 cm³/mol. The molecule has 17 heavy (non-hydrogen) atoms. The van der Waals surface area contributed by atoms with Crippen molar-refractivity contribution in [2.75, 3.05) is 0 Å². The summed E-state index contributed by atoms with van der Waals surface area (Å²) in [6, 6.07) is -0.690. The minimum atomic E-state index is -0.913. The van der Waals surface area contributed by atoms with Gasteiger partial charge in [0.1, 0.15) is 6.04 Å². The Hall–Kier alpha value is -1.10. The maximum absolute atomic E-state index is 10.1. The zero-order valence-corrected chi connectivity index (χ0v) is 11.1. The van der Waals surface area contributed by atoms with Gasteiger partial charge in [-0.15, -0.1) is 0 Å². The molecule has 0 saturated carbocycles. The maximum atomic E-state index is 10.1. The summed E-state index contributed by atoms with van der Waals surface area (Å²) in [5.41, 5.74) is 5.22. The van der Waals surface area contributed by atoms with Crippen molar-refractivity contribution in [2.24, 2.45) is 17.6 Å². The second kappa shape index (κ2) is 10.1. The van der Waals surface area contributed by atoms with Gasteiger partial charge in [-0.25, -0.2) is 0 Å². The normalized spacial score (nSPS) is 13.5. The molecule has 0 aliphatic carbocycles. The summed E-state index contributed by atoms with van der Waals surface area (Å²) in [7, 11) is 0. The molecule has 102 valence electrons. The van der Waals surface area contributed by atoms with Crippen LogP contribution in [0.3, 0.4) is 0 Å². The lowest BCUT2D eigenvalue weighted by molar-refractivity contribution is -0.141. The summed E-state index contributed by atoms with van der Waals surface area (Å²) in [5, 5.41) is 16.6. The number of nitrogens with two attached hydrogens (primary N) is 1. The van der Waals surface area contributed by atoms with Crippen molar-refractivity contribution in [1.82, 2.24) is 0 Å². The van der Waals surface area contributed by atoms with Crippen LogP contribution < -0.4 is 5.73 Å². The summed E-state index contributed by atoms with van der Waals surface area (Å²) >= 11 is 0. The number of hydrogen-bond acceptors (Lipinski definition) is 3. The van der Waals surface area contributed by atoms with Gasteiger partial charge in [-0.1, -0.05) is 34.1 Å². The van der Waals surface area contributed by atoms with Gasteiger partial charge in [0.25, 0.3) is 0 Å². The van der Waals surface area contributed by atoms with E-state index in [-0.39, 0.29) is 5.92 Å². The maximum Gasteiger partial charge on any atom is 0.320 e. The topological polar surface area (TPSA) is 101 Å². The molecule has 0 amide bonds. The van der Waals surface area contributed by atoms with Gasteiger partial charge in [0, 0.05) is 0 Å². The van der Waals surface area contributed by atoms with E-state index in [1.165, 1.54) is 0 Å². The van der Waals surface area contributed by atoms with Crippen LogP contribution in [0.1, 0.15) is 47.0 Å². The van der Waals surface area contributed by atoms with Crippen LogP contribution in [-0.4, -0.2) is 28.2 Å². The van der Waals surface area contributed by atoms with Crippen LogP contribution in [0.5, 0.6) is 0 Å². The molecule has 5 nitrogen and oxygen atoms in total. The van der Waals surface area contributed by atoms with E-state index in [9.17, 15) is 9.59 Å². The first kappa shape index (κ1) is 18.3. The third kappa shape index (κ3) is 12.8. The highest BCUT2D eigenvalue weighted by Crippen LogP contribution is 2.03. The summed E-state index contributed by atoms with van der Waals surface area (Å²) in [6.07, 6.45) is 2.29. The molecule has 0 aromatic rings. The molecule has 0 aliphatic heterocycles. The standard InChI is InChI=1S/C6H13NO2.C6H12O2/c1-4(2)3-5(7)6(8)9;1-3-4-5(2)6(7)8/h4-5H,3,7H2,1-2H3,(H,8,9);5H,3-4H2,1-2H3,(H,7,8)/t5-;/m0./s1. The highest BCUT2D eigenvalue weighted by Gasteiger charge is 2.11. The Morgan fingerprint density at radius 3 is 1.71 bits per heavy atom. The summed E-state index contributed by atoms with van der Waals surface area (Å²) in [5.74, 6) is -1.41. The van der Waals surface area contributed by atoms with Crippen molar-refractivity contribution in [1.29, 1.82) is 0 Å². The van der Waals surface area contributed by atoms with Crippen molar-refractivity contribution in [3.8, 4) is 0 Å². The second-order valence-electron chi connectivity index (χ2n) is 4.60. The van der Waals surface area contributed by atoms with Crippen LogP contribution in [0.4, 0.5) is 0 Å². The highest BCUT2D eigenvalue weighted by atomic mass is 16.4. The minimum absolute atomic E-state index is 0.167. The van der Waals surface area contributed by atoms with E-state index >= 15 is 0 Å². The van der Waals surface area contributed by atoms with Gasteiger partial charge in [-0.3, -0.25) is 9.59 Å². The molecule has 0 bridgehead atoms. The van der Waals surface area contributed by atoms with Crippen LogP contribution in [0.15, 0.2) is 0 Å². The Morgan fingerprint density at radius 2 is 1.59 bits per heavy atom. The second-order valence-corrected chi connectivity index (χ2v) is 4.60. The molecule has 0 fully saturated rings. The molecule has 0 aliphatic rings. The smallest absolute Gasteiger partial charge is 0.320 e. The lowest BCUT2D eigenvalue weighted by Crippen LogP contribution is -2.31. The van der Waals surface area contributed by atoms with Crippen LogP contribution >= 0.6 is 0 Å². The summed E-state index contributed by atoms with van der Waals surface area (Å²) in [6.45, 7) is 7.61. The van der Waals surface area contributed by atoms with Gasteiger partial charge in [0.15, 0.2) is 0 Å². The zero-order chi connectivity index (χ0) is 14.0. The van der Waals surface area contributed by atoms with E-state index in [4.69, 9.17) is 15.9 Å². The monoisotopic (exact) mass is 247 g/mol. The Kier molecular flexibility index (Phi) is 10.8. The number of hydrogen-bond donors (Lipinski definition) is 3. The summed E-state index contributed by atoms with van der Waals surface area (Å²) < 4.78 is 0. The van der Waals surface area contributed by atoms with Crippen molar-refractivity contribution in [2.45, 2.75) is 53.0 Å². The molecule has 2 atom stereocenters. The third-order valence-corrected chi connectivity index (χ3v) is 2.19. The molecule has 1 unspecified atom stereocenters. The molecular weight excluding hydrogens is 222 g/mol. The van der Waals surface area contributed by atoms with Gasteiger partial charge in [0.2, 0.25) is 0 Å². The van der Waals surface area contributed by atoms with Crippen LogP contribution in [0, 0.1) is 11.8 Å². The number of rotatable bonds is 6. The predicted octanol–water partition coefficient (Wildman–Crippen LogP) is 1.95. The average Bonchev–Trinajstić information content (AvgIpc) is 2.17. The van der Waals surface area contributed by atoms with Gasteiger partial charge < -0.3 is 15.9 Å². The lowest BCUT2D eigenvalue weighted by atomic mass is 10.1. The molecule has 5 heteroatoms. The Balaban J connectivity index is 0. The zero-order valence-electron chi connectivity index (χ0n) is 11.1.